The Morgan fingerprint density at radius 1 is 1.12 bits per heavy atom. The number of benzene rings is 2. The minimum atomic E-state index is -4.38. The number of nitrogens with two attached hydrogens (primary N) is 1. The number of halogens is 2. The fourth-order valence-corrected chi connectivity index (χ4v) is 8.12. The van der Waals surface area contributed by atoms with Gasteiger partial charge in [0.2, 0.25) is 5.95 Å². The van der Waals surface area contributed by atoms with E-state index in [1.807, 2.05) is 24.3 Å². The lowest BCUT2D eigenvalue weighted by molar-refractivity contribution is -0.140. The summed E-state index contributed by atoms with van der Waals surface area (Å²) in [6.07, 6.45) is 4.77. The number of nitrogen functional groups attached to an aromatic ring is 1. The van der Waals surface area contributed by atoms with Gasteiger partial charge in [-0.05, 0) is 49.1 Å². The molecule has 0 bridgehead atoms. The van der Waals surface area contributed by atoms with Crippen LogP contribution in [-0.4, -0.2) is 61.8 Å². The van der Waals surface area contributed by atoms with Gasteiger partial charge < -0.3 is 10.8 Å². The van der Waals surface area contributed by atoms with Gasteiger partial charge in [0, 0.05) is 34.8 Å². The molecule has 2 unspecified atom stereocenters. The van der Waals surface area contributed by atoms with Crippen molar-refractivity contribution in [2.24, 2.45) is 0 Å². The molecule has 4 aromatic rings. The van der Waals surface area contributed by atoms with E-state index in [2.05, 4.69) is 15.0 Å². The molecule has 2 aromatic carbocycles. The van der Waals surface area contributed by atoms with Crippen molar-refractivity contribution < 1.29 is 23.1 Å². The van der Waals surface area contributed by atoms with E-state index in [0.717, 1.165) is 16.1 Å². The van der Waals surface area contributed by atoms with E-state index < -0.39 is 33.5 Å². The third kappa shape index (κ3) is 4.82. The highest BCUT2D eigenvalue weighted by Crippen LogP contribution is 2.45. The zero-order valence-corrected chi connectivity index (χ0v) is 25.0. The molecule has 1 saturated heterocycles. The van der Waals surface area contributed by atoms with Crippen LogP contribution >= 0.6 is 23.2 Å². The van der Waals surface area contributed by atoms with Crippen LogP contribution in [0.2, 0.25) is 10.0 Å². The molecule has 0 spiro atoms. The maximum atomic E-state index is 14.3. The van der Waals surface area contributed by atoms with Crippen LogP contribution in [0.25, 0.3) is 11.1 Å². The van der Waals surface area contributed by atoms with Gasteiger partial charge in [-0.15, -0.1) is 0 Å². The van der Waals surface area contributed by atoms with Crippen molar-refractivity contribution in [2.75, 3.05) is 17.2 Å². The van der Waals surface area contributed by atoms with Gasteiger partial charge in [-0.1, -0.05) is 47.5 Å². The SMILES string of the molecule is CC1(Cc2ccc(-c3cncnc3N)cc2)C(=O)N(c2cc(Cl)cc(Cl)c2)c2ncc(S(=O)(=O)N3CCCC3C(=O)O)n21. The molecule has 0 aliphatic carbocycles. The number of rotatable bonds is 7. The predicted molar refractivity (Wildman–Crippen MR) is 160 cm³/mol. The first kappa shape index (κ1) is 29.1. The highest BCUT2D eigenvalue weighted by atomic mass is 35.5. The highest BCUT2D eigenvalue weighted by Gasteiger charge is 2.53. The van der Waals surface area contributed by atoms with Crippen LogP contribution in [0.1, 0.15) is 25.3 Å². The van der Waals surface area contributed by atoms with Crippen molar-refractivity contribution in [1.29, 1.82) is 0 Å². The number of imidazole rings is 1. The second kappa shape index (κ2) is 10.6. The molecular weight excluding hydrogens is 617 g/mol. The van der Waals surface area contributed by atoms with Crippen LogP contribution in [0, 0.1) is 0 Å². The summed E-state index contributed by atoms with van der Waals surface area (Å²) in [5.74, 6) is -1.34. The van der Waals surface area contributed by atoms with E-state index in [1.165, 1.54) is 34.0 Å². The van der Waals surface area contributed by atoms with Gasteiger partial charge in [0.1, 0.15) is 23.7 Å². The van der Waals surface area contributed by atoms with Gasteiger partial charge >= 0.3 is 5.97 Å². The lowest BCUT2D eigenvalue weighted by Gasteiger charge is -2.28. The third-order valence-corrected chi connectivity index (χ3v) is 10.1. The maximum absolute atomic E-state index is 14.3. The van der Waals surface area contributed by atoms with Gasteiger partial charge in [-0.3, -0.25) is 14.2 Å². The fraction of sp³-hybridized carbons (Fsp3) is 0.250. The minimum absolute atomic E-state index is 0.0336. The number of carboxylic acid groups (broad SMARTS) is 1. The molecule has 15 heteroatoms. The van der Waals surface area contributed by atoms with Crippen molar-refractivity contribution in [1.82, 2.24) is 23.8 Å². The van der Waals surface area contributed by atoms with Crippen LogP contribution in [-0.2, 0) is 31.6 Å². The molecule has 0 radical (unpaired) electrons. The van der Waals surface area contributed by atoms with Crippen molar-refractivity contribution in [3.8, 4) is 11.1 Å². The van der Waals surface area contributed by atoms with E-state index in [9.17, 15) is 23.1 Å². The van der Waals surface area contributed by atoms with Crippen molar-refractivity contribution in [2.45, 2.75) is 42.8 Å². The second-order valence-electron chi connectivity index (χ2n) is 10.6. The smallest absolute Gasteiger partial charge is 0.322 e. The molecule has 3 N–H and O–H groups in total. The van der Waals surface area contributed by atoms with Gasteiger partial charge in [0.25, 0.3) is 15.9 Å². The zero-order chi connectivity index (χ0) is 30.7. The third-order valence-electron chi connectivity index (χ3n) is 7.79. The normalized spacial score (nSPS) is 20.5. The quantitative estimate of drug-likeness (QED) is 0.302. The molecule has 2 atom stereocenters. The van der Waals surface area contributed by atoms with Crippen LogP contribution in [0.5, 0.6) is 0 Å². The number of fused-ring (bicyclic) bond motifs is 1. The van der Waals surface area contributed by atoms with Gasteiger partial charge in [0.15, 0.2) is 5.03 Å². The number of sulfonamides is 1. The fourth-order valence-electron chi connectivity index (χ4n) is 5.77. The zero-order valence-electron chi connectivity index (χ0n) is 22.7. The van der Waals surface area contributed by atoms with E-state index in [0.29, 0.717) is 29.1 Å². The monoisotopic (exact) mass is 641 g/mol. The Labute approximate surface area is 256 Å². The summed E-state index contributed by atoms with van der Waals surface area (Å²) in [6.45, 7) is 1.66. The molecule has 2 aliphatic heterocycles. The summed E-state index contributed by atoms with van der Waals surface area (Å²) in [4.78, 5) is 39.9. The van der Waals surface area contributed by atoms with Gasteiger partial charge in [-0.2, -0.15) is 4.31 Å². The molecule has 2 aromatic heterocycles. The number of aliphatic carboxylic acids is 1. The highest BCUT2D eigenvalue weighted by molar-refractivity contribution is 7.89. The summed E-state index contributed by atoms with van der Waals surface area (Å²) in [5.41, 5.74) is 6.95. The second-order valence-corrected chi connectivity index (χ2v) is 13.3. The first-order valence-electron chi connectivity index (χ1n) is 13.2. The van der Waals surface area contributed by atoms with Crippen molar-refractivity contribution in [3.05, 3.63) is 76.8 Å². The summed E-state index contributed by atoms with van der Waals surface area (Å²) in [7, 11) is -4.38. The van der Waals surface area contributed by atoms with E-state index in [4.69, 9.17) is 28.9 Å². The molecular formula is C28H25Cl2N7O5S. The summed E-state index contributed by atoms with van der Waals surface area (Å²) >= 11 is 12.5. The molecule has 2 aliphatic rings. The van der Waals surface area contributed by atoms with Crippen molar-refractivity contribution in [3.63, 3.8) is 0 Å². The molecule has 1 fully saturated rings. The number of hydrogen-bond acceptors (Lipinski definition) is 8. The summed E-state index contributed by atoms with van der Waals surface area (Å²) in [6, 6.07) is 10.6. The first-order valence-corrected chi connectivity index (χ1v) is 15.4. The topological polar surface area (TPSA) is 165 Å². The number of carboxylic acids is 1. The Morgan fingerprint density at radius 3 is 2.47 bits per heavy atom. The lowest BCUT2D eigenvalue weighted by Crippen LogP contribution is -2.45. The summed E-state index contributed by atoms with van der Waals surface area (Å²) in [5, 5.41) is 9.97. The molecule has 4 heterocycles. The molecule has 0 saturated carbocycles. The predicted octanol–water partition coefficient (Wildman–Crippen LogP) is 4.10. The Hall–Kier alpha value is -4.04. The van der Waals surface area contributed by atoms with Crippen LogP contribution in [0.15, 0.2) is 66.2 Å². The number of aromatic nitrogens is 4. The molecule has 12 nitrogen and oxygen atoms in total. The Bertz CT molecular complexity index is 1860. The largest absolute Gasteiger partial charge is 0.480 e. The van der Waals surface area contributed by atoms with E-state index in [-0.39, 0.29) is 40.4 Å². The standard InChI is InChI=1S/C28H25Cl2N7O5S/c1-28(12-16-4-6-17(7-5-16)21-13-32-15-34-24(21)31)26(40)36(20-10-18(29)9-19(30)11-20)27-33-14-23(37(27)28)43(41,42)35-8-2-3-22(35)25(38)39/h4-7,9-11,13-15,22H,2-3,8,12H2,1H3,(H,38,39)(H2,31,32,34). The Balaban J connectivity index is 1.47. The number of carbonyl (C=O) groups is 2. The number of amides is 1. The van der Waals surface area contributed by atoms with Crippen LogP contribution < -0.4 is 10.6 Å². The maximum Gasteiger partial charge on any atom is 0.322 e. The first-order chi connectivity index (χ1) is 20.4. The summed E-state index contributed by atoms with van der Waals surface area (Å²) < 4.78 is 30.3. The average molecular weight is 643 g/mol. The van der Waals surface area contributed by atoms with Gasteiger partial charge in [-0.25, -0.2) is 28.3 Å². The minimum Gasteiger partial charge on any atom is -0.480 e. The lowest BCUT2D eigenvalue weighted by atomic mass is 9.91. The van der Waals surface area contributed by atoms with Crippen LogP contribution in [0.4, 0.5) is 17.5 Å². The van der Waals surface area contributed by atoms with Gasteiger partial charge in [0.05, 0.1) is 11.9 Å². The van der Waals surface area contributed by atoms with Crippen molar-refractivity contribution >= 4 is 62.6 Å². The molecule has 43 heavy (non-hydrogen) atoms. The van der Waals surface area contributed by atoms with E-state index in [1.54, 1.807) is 13.1 Å². The molecule has 6 rings (SSSR count). The number of carbonyl (C=O) groups excluding carboxylic acids is 1. The Morgan fingerprint density at radius 2 is 1.81 bits per heavy atom. The van der Waals surface area contributed by atoms with E-state index >= 15 is 0 Å². The molecule has 1 amide bonds. The number of nitrogens with zero attached hydrogens (tertiary/aromatic N) is 6. The average Bonchev–Trinajstić information content (AvgIpc) is 3.67. The molecule has 222 valence electrons. The number of anilines is 3. The number of hydrogen-bond donors (Lipinski definition) is 2. The van der Waals surface area contributed by atoms with Crippen LogP contribution in [0.3, 0.4) is 0 Å². The Kier molecular flexibility index (Phi) is 7.16.